The zero-order valence-corrected chi connectivity index (χ0v) is 10.9. The topological polar surface area (TPSA) is 93.2 Å². The molecule has 0 unspecified atom stereocenters. The lowest BCUT2D eigenvalue weighted by Crippen LogP contribution is -2.24. The van der Waals surface area contributed by atoms with E-state index in [1.165, 1.54) is 0 Å². The molecule has 0 aliphatic carbocycles. The summed E-state index contributed by atoms with van der Waals surface area (Å²) in [5.41, 5.74) is 4.36. The van der Waals surface area contributed by atoms with Gasteiger partial charge >= 0.3 is 0 Å². The lowest BCUT2D eigenvalue weighted by atomic mass is 10.1. The maximum Gasteiger partial charge on any atom is 0.253 e. The van der Waals surface area contributed by atoms with Crippen molar-refractivity contribution in [3.8, 4) is 0 Å². The summed E-state index contributed by atoms with van der Waals surface area (Å²) in [6.07, 6.45) is 0. The quantitative estimate of drug-likeness (QED) is 0.572. The number of anilines is 1. The van der Waals surface area contributed by atoms with E-state index in [2.05, 4.69) is 15.7 Å². The molecule has 0 atom stereocenters. The van der Waals surface area contributed by atoms with Gasteiger partial charge < -0.3 is 15.2 Å². The van der Waals surface area contributed by atoms with Crippen LogP contribution >= 0.6 is 0 Å². The maximum absolute atomic E-state index is 12.0. The number of hydrazine groups is 1. The molecule has 0 aliphatic heterocycles. The largest absolute Gasteiger partial charge is 0.444 e. The number of rotatable bonds is 4. The summed E-state index contributed by atoms with van der Waals surface area (Å²) in [5.74, 6) is 6.37. The van der Waals surface area contributed by atoms with Gasteiger partial charge in [0.2, 0.25) is 5.89 Å². The molecule has 100 valence electrons. The average Bonchev–Trinajstić information content (AvgIpc) is 2.75. The van der Waals surface area contributed by atoms with Gasteiger partial charge in [-0.05, 0) is 26.0 Å². The fourth-order valence-corrected chi connectivity index (χ4v) is 1.67. The molecule has 0 fully saturated rings. The van der Waals surface area contributed by atoms with Crippen molar-refractivity contribution in [1.29, 1.82) is 0 Å². The molecule has 19 heavy (non-hydrogen) atoms. The van der Waals surface area contributed by atoms with Crippen LogP contribution in [0, 0.1) is 13.8 Å². The Morgan fingerprint density at radius 2 is 2.11 bits per heavy atom. The molecule has 6 nitrogen and oxygen atoms in total. The van der Waals surface area contributed by atoms with Gasteiger partial charge in [0.15, 0.2) is 0 Å². The first kappa shape index (κ1) is 13.1. The minimum Gasteiger partial charge on any atom is -0.444 e. The smallest absolute Gasteiger partial charge is 0.253 e. The molecular weight excluding hydrogens is 244 g/mol. The third kappa shape index (κ3) is 2.92. The molecule has 6 heteroatoms. The Hall–Kier alpha value is -2.34. The molecule has 4 N–H and O–H groups in total. The third-order valence-corrected chi connectivity index (χ3v) is 2.80. The van der Waals surface area contributed by atoms with Gasteiger partial charge in [-0.1, -0.05) is 12.1 Å². The molecular formula is C13H16N4O2. The highest BCUT2D eigenvalue weighted by molar-refractivity contribution is 5.99. The van der Waals surface area contributed by atoms with Crippen LogP contribution in [-0.4, -0.2) is 10.9 Å². The number of nitrogens with two attached hydrogens (primary N) is 1. The van der Waals surface area contributed by atoms with E-state index in [0.29, 0.717) is 17.1 Å². The highest BCUT2D eigenvalue weighted by atomic mass is 16.4. The van der Waals surface area contributed by atoms with Crippen molar-refractivity contribution in [3.05, 3.63) is 47.2 Å². The Labute approximate surface area is 111 Å². The van der Waals surface area contributed by atoms with Crippen molar-refractivity contribution in [2.24, 2.45) is 5.84 Å². The predicted octanol–water partition coefficient (Wildman–Crippen LogP) is 1.51. The number of oxazole rings is 1. The minimum absolute atomic E-state index is 0.234. The van der Waals surface area contributed by atoms with E-state index >= 15 is 0 Å². The molecule has 0 saturated heterocycles. The number of carbonyl (C=O) groups is 1. The average molecular weight is 260 g/mol. The predicted molar refractivity (Wildman–Crippen MR) is 71.4 cm³/mol. The normalized spacial score (nSPS) is 10.3. The van der Waals surface area contributed by atoms with E-state index < -0.39 is 0 Å². The zero-order chi connectivity index (χ0) is 13.8. The summed E-state index contributed by atoms with van der Waals surface area (Å²) >= 11 is 0. The fourth-order valence-electron chi connectivity index (χ4n) is 1.67. The third-order valence-electron chi connectivity index (χ3n) is 2.80. The number of aromatic nitrogens is 1. The second-order valence-electron chi connectivity index (χ2n) is 4.12. The van der Waals surface area contributed by atoms with Crippen LogP contribution in [0.3, 0.4) is 0 Å². The molecule has 1 aromatic carbocycles. The van der Waals surface area contributed by atoms with E-state index in [1.54, 1.807) is 24.3 Å². The standard InChI is InChI=1S/C13H16N4O2/c1-8-9(2)19-12(16-8)7-15-13(18)10-5-3-4-6-11(10)17-14/h3-6,17H,7,14H2,1-2H3,(H,15,18). The summed E-state index contributed by atoms with van der Waals surface area (Å²) < 4.78 is 5.39. The molecule has 0 bridgehead atoms. The van der Waals surface area contributed by atoms with E-state index in [1.807, 2.05) is 13.8 Å². The summed E-state index contributed by atoms with van der Waals surface area (Å²) in [7, 11) is 0. The summed E-state index contributed by atoms with van der Waals surface area (Å²) in [5, 5.41) is 2.74. The van der Waals surface area contributed by atoms with Crippen molar-refractivity contribution < 1.29 is 9.21 Å². The van der Waals surface area contributed by atoms with Gasteiger partial charge in [-0.3, -0.25) is 10.6 Å². The van der Waals surface area contributed by atoms with E-state index in [-0.39, 0.29) is 12.5 Å². The number of benzene rings is 1. The van der Waals surface area contributed by atoms with Gasteiger partial charge in [0.1, 0.15) is 5.76 Å². The Balaban J connectivity index is 2.05. The van der Waals surface area contributed by atoms with Crippen molar-refractivity contribution in [2.45, 2.75) is 20.4 Å². The minimum atomic E-state index is -0.234. The second kappa shape index (κ2) is 5.53. The van der Waals surface area contributed by atoms with Crippen molar-refractivity contribution in [2.75, 3.05) is 5.43 Å². The van der Waals surface area contributed by atoms with Crippen LogP contribution in [0.4, 0.5) is 5.69 Å². The Kier molecular flexibility index (Phi) is 3.82. The molecule has 2 aromatic rings. The number of para-hydroxylation sites is 1. The molecule has 0 spiro atoms. The van der Waals surface area contributed by atoms with Crippen LogP contribution in [0.5, 0.6) is 0 Å². The number of carbonyl (C=O) groups excluding carboxylic acids is 1. The lowest BCUT2D eigenvalue weighted by molar-refractivity contribution is 0.0948. The second-order valence-corrected chi connectivity index (χ2v) is 4.12. The number of hydrogen-bond acceptors (Lipinski definition) is 5. The van der Waals surface area contributed by atoms with E-state index in [9.17, 15) is 4.79 Å². The number of nitrogens with zero attached hydrogens (tertiary/aromatic N) is 1. The van der Waals surface area contributed by atoms with E-state index in [0.717, 1.165) is 11.5 Å². The Morgan fingerprint density at radius 1 is 1.37 bits per heavy atom. The van der Waals surface area contributed by atoms with Gasteiger partial charge in [0, 0.05) is 0 Å². The highest BCUT2D eigenvalue weighted by Gasteiger charge is 2.11. The van der Waals surface area contributed by atoms with Crippen molar-refractivity contribution in [3.63, 3.8) is 0 Å². The first-order valence-corrected chi connectivity index (χ1v) is 5.88. The van der Waals surface area contributed by atoms with Gasteiger partial charge in [-0.15, -0.1) is 0 Å². The van der Waals surface area contributed by atoms with Crippen molar-refractivity contribution in [1.82, 2.24) is 10.3 Å². The fraction of sp³-hybridized carbons (Fsp3) is 0.231. The van der Waals surface area contributed by atoms with Crippen LogP contribution in [-0.2, 0) is 6.54 Å². The lowest BCUT2D eigenvalue weighted by Gasteiger charge is -2.08. The first-order valence-electron chi connectivity index (χ1n) is 5.88. The highest BCUT2D eigenvalue weighted by Crippen LogP contribution is 2.13. The summed E-state index contributed by atoms with van der Waals surface area (Å²) in [4.78, 5) is 16.2. The Bertz CT molecular complexity index is 573. The number of nitrogen functional groups attached to an aromatic ring is 1. The van der Waals surface area contributed by atoms with Crippen molar-refractivity contribution >= 4 is 11.6 Å². The molecule has 0 radical (unpaired) electrons. The molecule has 2 rings (SSSR count). The number of amides is 1. The van der Waals surface area contributed by atoms with Crippen LogP contribution < -0.4 is 16.6 Å². The van der Waals surface area contributed by atoms with Gasteiger partial charge in [0.25, 0.3) is 5.91 Å². The number of hydrogen-bond donors (Lipinski definition) is 3. The molecule has 1 heterocycles. The van der Waals surface area contributed by atoms with Gasteiger partial charge in [0.05, 0.1) is 23.5 Å². The first-order chi connectivity index (χ1) is 9.11. The number of aryl methyl sites for hydroxylation is 2. The Morgan fingerprint density at radius 3 is 2.74 bits per heavy atom. The summed E-state index contributed by atoms with van der Waals surface area (Å²) in [6.45, 7) is 3.94. The maximum atomic E-state index is 12.0. The van der Waals surface area contributed by atoms with Crippen LogP contribution in [0.1, 0.15) is 27.7 Å². The monoisotopic (exact) mass is 260 g/mol. The molecule has 0 saturated carbocycles. The summed E-state index contributed by atoms with van der Waals surface area (Å²) in [6, 6.07) is 6.99. The van der Waals surface area contributed by atoms with Crippen LogP contribution in [0.2, 0.25) is 0 Å². The molecule has 1 amide bonds. The zero-order valence-electron chi connectivity index (χ0n) is 10.9. The van der Waals surface area contributed by atoms with Crippen LogP contribution in [0.25, 0.3) is 0 Å². The van der Waals surface area contributed by atoms with Gasteiger partial charge in [-0.25, -0.2) is 4.98 Å². The number of nitrogens with one attached hydrogen (secondary N) is 2. The van der Waals surface area contributed by atoms with Gasteiger partial charge in [-0.2, -0.15) is 0 Å². The molecule has 0 aliphatic rings. The SMILES string of the molecule is Cc1nc(CNC(=O)c2ccccc2NN)oc1C. The molecule has 1 aromatic heterocycles. The van der Waals surface area contributed by atoms with Crippen LogP contribution in [0.15, 0.2) is 28.7 Å². The van der Waals surface area contributed by atoms with E-state index in [4.69, 9.17) is 10.3 Å².